The average molecular weight is 432 g/mol. The minimum Gasteiger partial charge on any atom is -0.454 e. The van der Waals surface area contributed by atoms with Gasteiger partial charge in [-0.3, -0.25) is 9.59 Å². The second kappa shape index (κ2) is 7.84. The summed E-state index contributed by atoms with van der Waals surface area (Å²) in [7, 11) is 0. The number of fused-ring (bicyclic) bond motifs is 2. The van der Waals surface area contributed by atoms with Gasteiger partial charge >= 0.3 is 0 Å². The fourth-order valence-electron chi connectivity index (χ4n) is 3.61. The number of aryl methyl sites for hydroxylation is 2. The quantitative estimate of drug-likeness (QED) is 0.516. The largest absolute Gasteiger partial charge is 0.454 e. The van der Waals surface area contributed by atoms with Crippen LogP contribution in [-0.4, -0.2) is 27.4 Å². The van der Waals surface area contributed by atoms with E-state index in [4.69, 9.17) is 14.0 Å². The van der Waals surface area contributed by atoms with Crippen LogP contribution in [-0.2, 0) is 13.1 Å². The van der Waals surface area contributed by atoms with Crippen molar-refractivity contribution in [3.8, 4) is 22.8 Å². The number of benzene rings is 1. The summed E-state index contributed by atoms with van der Waals surface area (Å²) in [4.78, 5) is 30.1. The lowest BCUT2D eigenvalue weighted by molar-refractivity contribution is 0.0948. The Balaban J connectivity index is 1.35. The number of carbonyl (C=O) groups excluding carboxylic acids is 1. The molecule has 0 atom stereocenters. The Kier molecular flexibility index (Phi) is 4.85. The van der Waals surface area contributed by atoms with Crippen molar-refractivity contribution in [3.63, 3.8) is 0 Å². The first-order chi connectivity index (χ1) is 15.5. The highest BCUT2D eigenvalue weighted by Gasteiger charge is 2.18. The number of nitrogens with one attached hydrogen (secondary N) is 1. The van der Waals surface area contributed by atoms with E-state index in [-0.39, 0.29) is 24.3 Å². The Hall–Kier alpha value is -4.14. The number of hydrogen-bond donors (Lipinski definition) is 1. The van der Waals surface area contributed by atoms with Crippen molar-refractivity contribution in [2.75, 3.05) is 6.79 Å². The number of amides is 1. The molecule has 0 fully saturated rings. The maximum absolute atomic E-state index is 12.9. The second-order valence-electron chi connectivity index (χ2n) is 7.41. The Morgan fingerprint density at radius 2 is 2.00 bits per heavy atom. The standard InChI is InChI=1S/C23H20N4O5/c1-3-27-11-17(21(28)16-6-4-13(2)25-22(16)27)23(29)24-10-15-9-19(32-26-15)14-5-7-18-20(8-14)31-12-30-18/h4-9,11H,3,10,12H2,1-2H3,(H,24,29). The van der Waals surface area contributed by atoms with E-state index in [1.165, 1.54) is 0 Å². The molecule has 0 spiro atoms. The lowest BCUT2D eigenvalue weighted by Gasteiger charge is -2.11. The monoisotopic (exact) mass is 432 g/mol. The Morgan fingerprint density at radius 3 is 2.84 bits per heavy atom. The number of ether oxygens (including phenoxy) is 2. The van der Waals surface area contributed by atoms with Gasteiger partial charge in [0.15, 0.2) is 17.3 Å². The molecule has 1 aliphatic rings. The van der Waals surface area contributed by atoms with Crippen LogP contribution in [0.5, 0.6) is 11.5 Å². The van der Waals surface area contributed by atoms with Gasteiger partial charge in [-0.15, -0.1) is 0 Å². The summed E-state index contributed by atoms with van der Waals surface area (Å²) in [6.45, 7) is 4.68. The highest BCUT2D eigenvalue weighted by molar-refractivity contribution is 5.96. The summed E-state index contributed by atoms with van der Waals surface area (Å²) < 4.78 is 17.9. The molecule has 0 saturated carbocycles. The van der Waals surface area contributed by atoms with Gasteiger partial charge in [0.1, 0.15) is 16.9 Å². The van der Waals surface area contributed by atoms with Gasteiger partial charge in [0.05, 0.1) is 11.9 Å². The number of rotatable bonds is 5. The number of pyridine rings is 2. The lowest BCUT2D eigenvalue weighted by atomic mass is 10.1. The molecule has 4 heterocycles. The molecule has 0 bridgehead atoms. The molecule has 5 rings (SSSR count). The first-order valence-electron chi connectivity index (χ1n) is 10.2. The smallest absolute Gasteiger partial charge is 0.257 e. The van der Waals surface area contributed by atoms with Crippen LogP contribution in [0, 0.1) is 6.92 Å². The normalized spacial score (nSPS) is 12.3. The van der Waals surface area contributed by atoms with E-state index in [1.54, 1.807) is 35.0 Å². The zero-order valence-electron chi connectivity index (χ0n) is 17.5. The van der Waals surface area contributed by atoms with E-state index in [2.05, 4.69) is 15.5 Å². The van der Waals surface area contributed by atoms with Gasteiger partial charge in [0.25, 0.3) is 5.91 Å². The third-order valence-electron chi connectivity index (χ3n) is 5.29. The summed E-state index contributed by atoms with van der Waals surface area (Å²) in [6.07, 6.45) is 1.55. The van der Waals surface area contributed by atoms with Crippen molar-refractivity contribution >= 4 is 16.9 Å². The van der Waals surface area contributed by atoms with Crippen molar-refractivity contribution in [1.29, 1.82) is 0 Å². The fraction of sp³-hybridized carbons (Fsp3) is 0.217. The van der Waals surface area contributed by atoms with Crippen LogP contribution in [0.15, 0.2) is 51.9 Å². The van der Waals surface area contributed by atoms with E-state index in [0.717, 1.165) is 11.3 Å². The van der Waals surface area contributed by atoms with Crippen LogP contribution in [0.25, 0.3) is 22.4 Å². The minimum atomic E-state index is -0.479. The van der Waals surface area contributed by atoms with Gasteiger partial charge in [-0.2, -0.15) is 0 Å². The molecule has 1 aromatic carbocycles. The van der Waals surface area contributed by atoms with E-state index in [9.17, 15) is 9.59 Å². The zero-order chi connectivity index (χ0) is 22.2. The molecule has 1 amide bonds. The fourth-order valence-corrected chi connectivity index (χ4v) is 3.61. The Morgan fingerprint density at radius 1 is 1.16 bits per heavy atom. The van der Waals surface area contributed by atoms with Crippen LogP contribution in [0.3, 0.4) is 0 Å². The molecule has 9 heteroatoms. The van der Waals surface area contributed by atoms with E-state index < -0.39 is 5.91 Å². The molecule has 0 aliphatic carbocycles. The van der Waals surface area contributed by atoms with Crippen molar-refractivity contribution in [2.24, 2.45) is 0 Å². The third kappa shape index (κ3) is 3.47. The zero-order valence-corrected chi connectivity index (χ0v) is 17.5. The van der Waals surface area contributed by atoms with Gasteiger partial charge in [-0.05, 0) is 44.2 Å². The van der Waals surface area contributed by atoms with Crippen LogP contribution in [0.2, 0.25) is 0 Å². The maximum Gasteiger partial charge on any atom is 0.257 e. The number of hydrogen-bond acceptors (Lipinski definition) is 7. The Labute approximate surface area is 182 Å². The summed E-state index contributed by atoms with van der Waals surface area (Å²) in [5.41, 5.74) is 2.39. The van der Waals surface area contributed by atoms with Gasteiger partial charge in [0.2, 0.25) is 12.2 Å². The average Bonchev–Trinajstić information content (AvgIpc) is 3.46. The van der Waals surface area contributed by atoms with Gasteiger partial charge < -0.3 is 23.9 Å². The molecular weight excluding hydrogens is 412 g/mol. The molecule has 4 aromatic rings. The molecule has 9 nitrogen and oxygen atoms in total. The summed E-state index contributed by atoms with van der Waals surface area (Å²) in [5.74, 6) is 1.38. The molecule has 3 aromatic heterocycles. The molecule has 0 radical (unpaired) electrons. The summed E-state index contributed by atoms with van der Waals surface area (Å²) in [6, 6.07) is 10.7. The molecule has 1 aliphatic heterocycles. The lowest BCUT2D eigenvalue weighted by Crippen LogP contribution is -2.29. The number of carbonyl (C=O) groups is 1. The predicted molar refractivity (Wildman–Crippen MR) is 116 cm³/mol. The Bertz CT molecular complexity index is 1410. The third-order valence-corrected chi connectivity index (χ3v) is 5.29. The highest BCUT2D eigenvalue weighted by Crippen LogP contribution is 2.36. The van der Waals surface area contributed by atoms with Crippen molar-refractivity contribution in [1.82, 2.24) is 20.0 Å². The molecule has 0 saturated heterocycles. The van der Waals surface area contributed by atoms with Crippen LogP contribution < -0.4 is 20.2 Å². The molecule has 162 valence electrons. The van der Waals surface area contributed by atoms with Crippen LogP contribution in [0.1, 0.15) is 28.7 Å². The van der Waals surface area contributed by atoms with E-state index in [1.807, 2.05) is 26.0 Å². The van der Waals surface area contributed by atoms with E-state index in [0.29, 0.717) is 40.5 Å². The van der Waals surface area contributed by atoms with Gasteiger partial charge in [0, 0.05) is 30.1 Å². The molecule has 0 unspecified atom stereocenters. The molecule has 32 heavy (non-hydrogen) atoms. The van der Waals surface area contributed by atoms with E-state index >= 15 is 0 Å². The SMILES string of the molecule is CCn1cc(C(=O)NCc2cc(-c3ccc4c(c3)OCO4)on2)c(=O)c2ccc(C)nc21. The number of aromatic nitrogens is 3. The topological polar surface area (TPSA) is 108 Å². The molecular formula is C23H20N4O5. The van der Waals surface area contributed by atoms with Crippen molar-refractivity contribution in [3.05, 3.63) is 69.8 Å². The molecule has 1 N–H and O–H groups in total. The second-order valence-corrected chi connectivity index (χ2v) is 7.41. The highest BCUT2D eigenvalue weighted by atomic mass is 16.7. The predicted octanol–water partition coefficient (Wildman–Crippen LogP) is 3.04. The van der Waals surface area contributed by atoms with Gasteiger partial charge in [-0.1, -0.05) is 5.16 Å². The van der Waals surface area contributed by atoms with Crippen LogP contribution >= 0.6 is 0 Å². The summed E-state index contributed by atoms with van der Waals surface area (Å²) in [5, 5.41) is 7.18. The first kappa shape index (κ1) is 19.8. The minimum absolute atomic E-state index is 0.0597. The number of nitrogens with zero attached hydrogens (tertiary/aromatic N) is 3. The van der Waals surface area contributed by atoms with Crippen molar-refractivity contribution in [2.45, 2.75) is 26.9 Å². The van der Waals surface area contributed by atoms with Gasteiger partial charge in [-0.25, -0.2) is 4.98 Å². The maximum atomic E-state index is 12.9. The first-order valence-corrected chi connectivity index (χ1v) is 10.2. The van der Waals surface area contributed by atoms with Crippen molar-refractivity contribution < 1.29 is 18.8 Å². The summed E-state index contributed by atoms with van der Waals surface area (Å²) >= 11 is 0. The van der Waals surface area contributed by atoms with Crippen LogP contribution in [0.4, 0.5) is 0 Å².